The smallest absolute Gasteiger partial charge is 0.279 e. The molecule has 0 atom stereocenters. The van der Waals surface area contributed by atoms with Gasteiger partial charge in [-0.2, -0.15) is 0 Å². The second-order valence-corrected chi connectivity index (χ2v) is 9.12. The Morgan fingerprint density at radius 1 is 1.10 bits per heavy atom. The van der Waals surface area contributed by atoms with Gasteiger partial charge in [-0.05, 0) is 49.7 Å². The van der Waals surface area contributed by atoms with Gasteiger partial charge < -0.3 is 0 Å². The molecular formula is C21H16Cl3N5OS. The predicted octanol–water partition coefficient (Wildman–Crippen LogP) is 6.14. The monoisotopic (exact) mass is 491 g/mol. The van der Waals surface area contributed by atoms with E-state index in [1.54, 1.807) is 25.1 Å². The van der Waals surface area contributed by atoms with Crippen LogP contribution >= 0.6 is 46.1 Å². The summed E-state index contributed by atoms with van der Waals surface area (Å²) in [7, 11) is 0. The molecule has 2 heterocycles. The molecular weight excluding hydrogens is 477 g/mol. The number of anilines is 1. The minimum atomic E-state index is -0.392. The van der Waals surface area contributed by atoms with Crippen molar-refractivity contribution >= 4 is 57.2 Å². The molecule has 0 radical (unpaired) electrons. The Bertz CT molecular complexity index is 1280. The molecule has 1 amide bonds. The lowest BCUT2D eigenvalue weighted by Gasteiger charge is -2.05. The van der Waals surface area contributed by atoms with E-state index in [-0.39, 0.29) is 5.69 Å². The molecule has 31 heavy (non-hydrogen) atoms. The summed E-state index contributed by atoms with van der Waals surface area (Å²) in [5.41, 5.74) is 3.14. The summed E-state index contributed by atoms with van der Waals surface area (Å²) >= 11 is 20.0. The summed E-state index contributed by atoms with van der Waals surface area (Å²) in [4.78, 5) is 18.3. The number of thiazole rings is 1. The van der Waals surface area contributed by atoms with Crippen molar-refractivity contribution in [3.05, 3.63) is 85.1 Å². The maximum Gasteiger partial charge on any atom is 0.279 e. The fourth-order valence-corrected chi connectivity index (χ4v) is 4.62. The summed E-state index contributed by atoms with van der Waals surface area (Å²) in [6.07, 6.45) is 0.570. The molecule has 4 aromatic rings. The molecule has 0 aliphatic carbocycles. The summed E-state index contributed by atoms with van der Waals surface area (Å²) in [6.45, 7) is 3.65. The van der Waals surface area contributed by atoms with Gasteiger partial charge >= 0.3 is 0 Å². The standard InChI is InChI=1S/C21H16Cl3N5OS/c1-11-18(10-13-9-14(22)7-8-15(13)23)31-21(25-11)26-20(30)19-12(2)29(28-27-19)17-6-4-3-5-16(17)24/h3-9H,10H2,1-2H3,(H,25,26,30). The Kier molecular flexibility index (Phi) is 6.29. The molecule has 2 aromatic heterocycles. The fourth-order valence-electron chi connectivity index (χ4n) is 3.04. The number of carbonyl (C=O) groups is 1. The predicted molar refractivity (Wildman–Crippen MR) is 125 cm³/mol. The first-order valence-corrected chi connectivity index (χ1v) is 11.2. The van der Waals surface area contributed by atoms with E-state index in [0.717, 1.165) is 16.1 Å². The highest BCUT2D eigenvalue weighted by Crippen LogP contribution is 2.30. The first kappa shape index (κ1) is 21.8. The summed E-state index contributed by atoms with van der Waals surface area (Å²) in [6, 6.07) is 12.6. The molecule has 0 unspecified atom stereocenters. The highest BCUT2D eigenvalue weighted by atomic mass is 35.5. The van der Waals surface area contributed by atoms with Gasteiger partial charge in [0.05, 0.1) is 22.1 Å². The molecule has 4 rings (SSSR count). The molecule has 0 fully saturated rings. The van der Waals surface area contributed by atoms with Gasteiger partial charge in [-0.25, -0.2) is 9.67 Å². The van der Waals surface area contributed by atoms with Crippen molar-refractivity contribution in [2.75, 3.05) is 5.32 Å². The maximum absolute atomic E-state index is 12.8. The van der Waals surface area contributed by atoms with Crippen molar-refractivity contribution in [3.8, 4) is 5.69 Å². The van der Waals surface area contributed by atoms with Crippen LogP contribution in [0.5, 0.6) is 0 Å². The first-order chi connectivity index (χ1) is 14.8. The van der Waals surface area contributed by atoms with E-state index >= 15 is 0 Å². The molecule has 158 valence electrons. The zero-order valence-electron chi connectivity index (χ0n) is 16.5. The second-order valence-electron chi connectivity index (χ2n) is 6.78. The number of aryl methyl sites for hydroxylation is 1. The molecule has 0 aliphatic rings. The number of rotatable bonds is 5. The second kappa shape index (κ2) is 8.96. The topological polar surface area (TPSA) is 72.7 Å². The van der Waals surface area contributed by atoms with Gasteiger partial charge in [0.25, 0.3) is 5.91 Å². The molecule has 2 aromatic carbocycles. The number of amides is 1. The van der Waals surface area contributed by atoms with E-state index < -0.39 is 5.91 Å². The van der Waals surface area contributed by atoms with Crippen LogP contribution in [0.1, 0.15) is 32.3 Å². The Hall–Kier alpha value is -2.45. The van der Waals surface area contributed by atoms with Gasteiger partial charge in [0.1, 0.15) is 0 Å². The van der Waals surface area contributed by atoms with E-state index in [1.807, 2.05) is 31.2 Å². The van der Waals surface area contributed by atoms with Crippen molar-refractivity contribution in [3.63, 3.8) is 0 Å². The number of benzene rings is 2. The van der Waals surface area contributed by atoms with Crippen molar-refractivity contribution in [1.82, 2.24) is 20.0 Å². The molecule has 0 saturated heterocycles. The molecule has 0 saturated carbocycles. The minimum absolute atomic E-state index is 0.201. The van der Waals surface area contributed by atoms with Gasteiger partial charge in [0.15, 0.2) is 10.8 Å². The minimum Gasteiger partial charge on any atom is -0.296 e. The first-order valence-electron chi connectivity index (χ1n) is 9.22. The Morgan fingerprint density at radius 2 is 1.87 bits per heavy atom. The van der Waals surface area contributed by atoms with Gasteiger partial charge in [-0.3, -0.25) is 10.1 Å². The lowest BCUT2D eigenvalue weighted by Crippen LogP contribution is -2.14. The zero-order chi connectivity index (χ0) is 22.1. The molecule has 0 bridgehead atoms. The normalized spacial score (nSPS) is 11.0. The Balaban J connectivity index is 1.54. The molecule has 6 nitrogen and oxygen atoms in total. The van der Waals surface area contributed by atoms with E-state index in [4.69, 9.17) is 34.8 Å². The van der Waals surface area contributed by atoms with Crippen LogP contribution in [0, 0.1) is 13.8 Å². The van der Waals surface area contributed by atoms with E-state index in [1.165, 1.54) is 16.0 Å². The van der Waals surface area contributed by atoms with Crippen molar-refractivity contribution in [2.45, 2.75) is 20.3 Å². The average molecular weight is 493 g/mol. The van der Waals surface area contributed by atoms with E-state index in [2.05, 4.69) is 20.6 Å². The number of carbonyl (C=O) groups excluding carboxylic acids is 1. The van der Waals surface area contributed by atoms with Crippen molar-refractivity contribution in [2.24, 2.45) is 0 Å². The lowest BCUT2D eigenvalue weighted by atomic mass is 10.1. The fraction of sp³-hybridized carbons (Fsp3) is 0.143. The van der Waals surface area contributed by atoms with Crippen LogP contribution in [0.15, 0.2) is 42.5 Å². The molecule has 0 aliphatic heterocycles. The van der Waals surface area contributed by atoms with E-state index in [9.17, 15) is 4.79 Å². The number of para-hydroxylation sites is 1. The summed E-state index contributed by atoms with van der Waals surface area (Å²) in [5.74, 6) is -0.392. The van der Waals surface area contributed by atoms with Crippen LogP contribution in [0.25, 0.3) is 5.69 Å². The van der Waals surface area contributed by atoms with Crippen molar-refractivity contribution < 1.29 is 4.79 Å². The number of nitrogens with one attached hydrogen (secondary N) is 1. The molecule has 10 heteroatoms. The largest absolute Gasteiger partial charge is 0.296 e. The molecule has 0 spiro atoms. The zero-order valence-corrected chi connectivity index (χ0v) is 19.6. The number of halogens is 3. The Labute approximate surface area is 197 Å². The van der Waals surface area contributed by atoms with Gasteiger partial charge in [0, 0.05) is 21.3 Å². The quantitative estimate of drug-likeness (QED) is 0.363. The summed E-state index contributed by atoms with van der Waals surface area (Å²) < 4.78 is 1.54. The SMILES string of the molecule is Cc1nc(NC(=O)c2nnn(-c3ccccc3Cl)c2C)sc1Cc1cc(Cl)ccc1Cl. The summed E-state index contributed by atoms with van der Waals surface area (Å²) in [5, 5.41) is 13.2. The third-order valence-corrected chi connectivity index (χ3v) is 6.66. The van der Waals surface area contributed by atoms with Gasteiger partial charge in [-0.1, -0.05) is 52.1 Å². The number of aromatic nitrogens is 4. The number of hydrogen-bond acceptors (Lipinski definition) is 5. The Morgan fingerprint density at radius 3 is 2.65 bits per heavy atom. The number of hydrogen-bond donors (Lipinski definition) is 1. The highest BCUT2D eigenvalue weighted by Gasteiger charge is 2.20. The van der Waals surface area contributed by atoms with Crippen molar-refractivity contribution in [1.29, 1.82) is 0 Å². The van der Waals surface area contributed by atoms with Crippen LogP contribution in [-0.2, 0) is 6.42 Å². The van der Waals surface area contributed by atoms with Crippen LogP contribution in [-0.4, -0.2) is 25.9 Å². The van der Waals surface area contributed by atoms with Crippen LogP contribution < -0.4 is 5.32 Å². The third kappa shape index (κ3) is 4.60. The lowest BCUT2D eigenvalue weighted by molar-refractivity contribution is 0.102. The average Bonchev–Trinajstić information content (AvgIpc) is 3.27. The number of nitrogens with zero attached hydrogens (tertiary/aromatic N) is 4. The highest BCUT2D eigenvalue weighted by molar-refractivity contribution is 7.15. The van der Waals surface area contributed by atoms with Gasteiger partial charge in [0.2, 0.25) is 0 Å². The maximum atomic E-state index is 12.8. The third-order valence-electron chi connectivity index (χ3n) is 4.66. The van der Waals surface area contributed by atoms with Gasteiger partial charge in [-0.15, -0.1) is 16.4 Å². The molecule has 1 N–H and O–H groups in total. The van der Waals surface area contributed by atoms with Crippen LogP contribution in [0.3, 0.4) is 0 Å². The van der Waals surface area contributed by atoms with Crippen LogP contribution in [0.2, 0.25) is 15.1 Å². The van der Waals surface area contributed by atoms with Crippen LogP contribution in [0.4, 0.5) is 5.13 Å². The van der Waals surface area contributed by atoms with E-state index in [0.29, 0.717) is 38.0 Å².